The predicted octanol–water partition coefficient (Wildman–Crippen LogP) is 1.56. The molecule has 1 unspecified atom stereocenters. The van der Waals surface area contributed by atoms with Gasteiger partial charge in [-0.3, -0.25) is 38.3 Å². The molecule has 56 heavy (non-hydrogen) atoms. The van der Waals surface area contributed by atoms with E-state index in [1.807, 2.05) is 6.92 Å². The Morgan fingerprint density at radius 3 is 2.38 bits per heavy atom. The molecule has 0 saturated carbocycles. The van der Waals surface area contributed by atoms with Crippen molar-refractivity contribution >= 4 is 64.4 Å². The van der Waals surface area contributed by atoms with E-state index in [-0.39, 0.29) is 34.1 Å². The largest absolute Gasteiger partial charge is 0.394 e. The number of nitrogens with one attached hydrogen (secondary N) is 3. The molecule has 7 rings (SSSR count). The molecular formula is C32H35F2N10O10PS. The molecule has 20 nitrogen and oxygen atoms in total. The van der Waals surface area contributed by atoms with Crippen LogP contribution in [0.25, 0.3) is 22.3 Å². The third kappa shape index (κ3) is 7.69. The standard InChI is InChI=1S/C32H35F2N10O10PS/c1-13(2)27(47)41-32-40-26-21(29(49)42-32)38-12-44(26)31-23(18(33)16(8-45)52-31)54-55(50,56)51-9-17-22(46)19(34)30(53-17)43-11-37-20-24(35-10-36-25(20)43)39-28(48)15-6-4-14(3)5-7-15/h4-7,10-13,16-19,22-23,30-31,45-46H,8-9H2,1-3H3,(H,50,56)(H,35,36,39,48)(H2,40,41,42,47,49)/t16-,17-,18-,19-,22-,23-,30-,31-,55?/m1/s1. The molecule has 0 radical (unpaired) electrons. The van der Waals surface area contributed by atoms with E-state index in [0.29, 0.717) is 5.56 Å². The number of alkyl halides is 2. The summed E-state index contributed by atoms with van der Waals surface area (Å²) in [6.07, 6.45) is -10.3. The summed E-state index contributed by atoms with van der Waals surface area (Å²) in [5, 5.41) is 25.7. The van der Waals surface area contributed by atoms with Gasteiger partial charge in [-0.05, 0) is 30.9 Å². The fraction of sp³-hybridized carbons (Fsp3) is 0.438. The molecule has 6 heterocycles. The van der Waals surface area contributed by atoms with Crippen LogP contribution in [-0.2, 0) is 35.1 Å². The number of amides is 2. The van der Waals surface area contributed by atoms with E-state index in [1.54, 1.807) is 38.1 Å². The molecule has 1 aromatic carbocycles. The molecule has 2 saturated heterocycles. The van der Waals surface area contributed by atoms with Crippen molar-refractivity contribution in [1.82, 2.24) is 39.0 Å². The molecule has 4 aromatic heterocycles. The van der Waals surface area contributed by atoms with Crippen LogP contribution in [0.2, 0.25) is 0 Å². The second-order valence-corrected chi connectivity index (χ2v) is 16.1. The lowest BCUT2D eigenvalue weighted by atomic mass is 10.1. The van der Waals surface area contributed by atoms with Crippen LogP contribution in [0.3, 0.4) is 0 Å². The highest BCUT2D eigenvalue weighted by atomic mass is 32.5. The summed E-state index contributed by atoms with van der Waals surface area (Å²) >= 11 is 5.16. The Morgan fingerprint density at radius 2 is 1.68 bits per heavy atom. The zero-order chi connectivity index (χ0) is 40.1. The quantitative estimate of drug-likeness (QED) is 0.0976. The summed E-state index contributed by atoms with van der Waals surface area (Å²) < 4.78 is 56.0. The Bertz CT molecular complexity index is 2380. The first-order chi connectivity index (χ1) is 26.6. The summed E-state index contributed by atoms with van der Waals surface area (Å²) in [4.78, 5) is 72.0. The van der Waals surface area contributed by atoms with E-state index < -0.39 is 92.4 Å². The second-order valence-electron chi connectivity index (χ2n) is 13.3. The molecule has 2 amide bonds. The van der Waals surface area contributed by atoms with Crippen molar-refractivity contribution in [2.75, 3.05) is 23.8 Å². The minimum Gasteiger partial charge on any atom is -0.394 e. The molecule has 0 spiro atoms. The van der Waals surface area contributed by atoms with Crippen LogP contribution < -0.4 is 16.2 Å². The number of imidazole rings is 2. The number of aryl methyl sites for hydroxylation is 1. The molecule has 2 aliphatic rings. The maximum Gasteiger partial charge on any atom is 0.325 e. The highest BCUT2D eigenvalue weighted by molar-refractivity contribution is 8.07. The number of hydrogen-bond donors (Lipinski definition) is 6. The topological polar surface area (TPSA) is 263 Å². The number of rotatable bonds is 12. The summed E-state index contributed by atoms with van der Waals surface area (Å²) in [6.45, 7) is -0.893. The van der Waals surface area contributed by atoms with E-state index in [4.69, 9.17) is 30.3 Å². The Kier molecular flexibility index (Phi) is 11.1. The highest BCUT2D eigenvalue weighted by Crippen LogP contribution is 2.51. The molecular weight excluding hydrogens is 785 g/mol. The highest BCUT2D eigenvalue weighted by Gasteiger charge is 2.51. The van der Waals surface area contributed by atoms with E-state index in [0.717, 1.165) is 22.8 Å². The van der Waals surface area contributed by atoms with E-state index in [1.165, 1.54) is 10.9 Å². The number of carbonyl (C=O) groups is 2. The van der Waals surface area contributed by atoms with Gasteiger partial charge in [0.1, 0.15) is 30.7 Å². The first-order valence-electron chi connectivity index (χ1n) is 17.0. The smallest absolute Gasteiger partial charge is 0.325 e. The normalized spacial score (nSPS) is 26.2. The third-order valence-electron chi connectivity index (χ3n) is 9.05. The minimum absolute atomic E-state index is 0.0414. The lowest BCUT2D eigenvalue weighted by Crippen LogP contribution is -2.33. The summed E-state index contributed by atoms with van der Waals surface area (Å²) in [7, 11) is 0. The summed E-state index contributed by atoms with van der Waals surface area (Å²) in [6, 6.07) is 6.82. The molecule has 298 valence electrons. The van der Waals surface area contributed by atoms with Gasteiger partial charge in [0, 0.05) is 11.5 Å². The zero-order valence-electron chi connectivity index (χ0n) is 29.6. The van der Waals surface area contributed by atoms with E-state index in [9.17, 15) is 29.5 Å². The molecule has 5 aromatic rings. The average molecular weight is 821 g/mol. The van der Waals surface area contributed by atoms with Crippen molar-refractivity contribution in [3.63, 3.8) is 0 Å². The van der Waals surface area contributed by atoms with Crippen LogP contribution in [-0.4, -0.2) is 116 Å². The third-order valence-corrected chi connectivity index (χ3v) is 10.6. The number of fused-ring (bicyclic) bond motifs is 2. The predicted molar refractivity (Wildman–Crippen MR) is 194 cm³/mol. The number of aromatic nitrogens is 8. The fourth-order valence-corrected chi connectivity index (χ4v) is 7.45. The molecule has 2 aliphatic heterocycles. The molecule has 6 N–H and O–H groups in total. The number of halogens is 2. The number of anilines is 2. The molecule has 24 heteroatoms. The van der Waals surface area contributed by atoms with Gasteiger partial charge in [-0.2, -0.15) is 4.98 Å². The minimum atomic E-state index is -4.47. The first kappa shape index (κ1) is 39.5. The number of H-pyrrole nitrogens is 1. The zero-order valence-corrected chi connectivity index (χ0v) is 31.3. The maximum absolute atomic E-state index is 15.7. The average Bonchev–Trinajstić information content (AvgIpc) is 3.92. The summed E-state index contributed by atoms with van der Waals surface area (Å²) in [5.41, 5.74) is 0.384. The van der Waals surface area contributed by atoms with Gasteiger partial charge in [0.25, 0.3) is 11.5 Å². The fourth-order valence-electron chi connectivity index (χ4n) is 6.04. The monoisotopic (exact) mass is 820 g/mol. The molecule has 9 atom stereocenters. The van der Waals surface area contributed by atoms with Gasteiger partial charge < -0.3 is 34.4 Å². The molecule has 2 fully saturated rings. The van der Waals surface area contributed by atoms with Crippen LogP contribution in [0.5, 0.6) is 0 Å². The van der Waals surface area contributed by atoms with Crippen molar-refractivity contribution in [3.8, 4) is 0 Å². The summed E-state index contributed by atoms with van der Waals surface area (Å²) in [5.74, 6) is -1.57. The van der Waals surface area contributed by atoms with Crippen LogP contribution in [0.4, 0.5) is 20.5 Å². The van der Waals surface area contributed by atoms with E-state index >= 15 is 8.78 Å². The lowest BCUT2D eigenvalue weighted by molar-refractivity contribution is -0.118. The van der Waals surface area contributed by atoms with Gasteiger partial charge in [0.2, 0.25) is 11.9 Å². The van der Waals surface area contributed by atoms with Gasteiger partial charge in [0.15, 0.2) is 52.9 Å². The number of aliphatic hydroxyl groups is 2. The van der Waals surface area contributed by atoms with Gasteiger partial charge in [-0.15, -0.1) is 0 Å². The number of nitrogens with zero attached hydrogens (tertiary/aromatic N) is 7. The van der Waals surface area contributed by atoms with Gasteiger partial charge in [-0.25, -0.2) is 28.7 Å². The number of aliphatic hydroxyl groups excluding tert-OH is 2. The van der Waals surface area contributed by atoms with Crippen molar-refractivity contribution in [2.24, 2.45) is 5.92 Å². The number of hydrogen-bond acceptors (Lipinski definition) is 15. The van der Waals surface area contributed by atoms with Crippen molar-refractivity contribution < 1.29 is 52.0 Å². The molecule has 0 aliphatic carbocycles. The Labute approximate surface area is 319 Å². The van der Waals surface area contributed by atoms with Crippen LogP contribution in [0, 0.1) is 12.8 Å². The van der Waals surface area contributed by atoms with Crippen LogP contribution in [0.15, 0.2) is 48.0 Å². The van der Waals surface area contributed by atoms with Crippen molar-refractivity contribution in [1.29, 1.82) is 0 Å². The van der Waals surface area contributed by atoms with Crippen LogP contribution in [0.1, 0.15) is 42.2 Å². The van der Waals surface area contributed by atoms with Crippen molar-refractivity contribution in [2.45, 2.75) is 70.0 Å². The lowest BCUT2D eigenvalue weighted by Gasteiger charge is -2.26. The number of carbonyl (C=O) groups excluding carboxylic acids is 2. The SMILES string of the molecule is Cc1ccc(C(=O)Nc2ncnc3c2ncn3[C@@H]2O[C@H](COP(O)(=S)O[C@@H]3[C@H](F)[C@@H](CO)O[C@H]3n3cnc4c(=O)[nH]c(NC(=O)C(C)C)nc43)[C@@H](O)[C@H]2F)cc1. The van der Waals surface area contributed by atoms with E-state index in [2.05, 4.69) is 40.5 Å². The second kappa shape index (κ2) is 15.7. The molecule has 0 bridgehead atoms. The number of ether oxygens (including phenoxy) is 2. The Hall–Kier alpha value is -4.71. The Balaban J connectivity index is 1.05. The number of benzene rings is 1. The maximum atomic E-state index is 15.7. The van der Waals surface area contributed by atoms with Crippen LogP contribution >= 0.6 is 6.72 Å². The van der Waals surface area contributed by atoms with Gasteiger partial charge in [0.05, 0.1) is 25.9 Å². The first-order valence-corrected chi connectivity index (χ1v) is 19.6. The Morgan fingerprint density at radius 1 is 1.00 bits per heavy atom. The van der Waals surface area contributed by atoms with Crippen molar-refractivity contribution in [3.05, 3.63) is 64.7 Å². The van der Waals surface area contributed by atoms with Gasteiger partial charge in [-0.1, -0.05) is 31.5 Å². The number of aromatic amines is 1. The van der Waals surface area contributed by atoms with Gasteiger partial charge >= 0.3 is 6.72 Å².